The van der Waals surface area contributed by atoms with Gasteiger partial charge >= 0.3 is 0 Å². The third kappa shape index (κ3) is 1.41. The Balaban J connectivity index is 2.52. The van der Waals surface area contributed by atoms with Crippen molar-refractivity contribution in [3.8, 4) is 0 Å². The Hall–Kier alpha value is -0.990. The van der Waals surface area contributed by atoms with Gasteiger partial charge in [-0.05, 0) is 40.4 Å². The predicted molar refractivity (Wildman–Crippen MR) is 53.1 cm³/mol. The fourth-order valence-electron chi connectivity index (χ4n) is 1.51. The average molecular weight is 256 g/mol. The van der Waals surface area contributed by atoms with Crippen molar-refractivity contribution >= 4 is 22.0 Å². The highest BCUT2D eigenvalue weighted by atomic mass is 79.9. The van der Waals surface area contributed by atoms with Crippen LogP contribution in [0.4, 0.5) is 4.39 Å². The third-order valence-electron chi connectivity index (χ3n) is 2.44. The Morgan fingerprint density at radius 1 is 1.50 bits per heavy atom. The van der Waals surface area contributed by atoms with E-state index >= 15 is 0 Å². The molecule has 0 heterocycles. The van der Waals surface area contributed by atoms with E-state index < -0.39 is 5.54 Å². The van der Waals surface area contributed by atoms with Gasteiger partial charge in [-0.1, -0.05) is 12.1 Å². The molecule has 0 amide bonds. The van der Waals surface area contributed by atoms with E-state index in [1.807, 2.05) is 0 Å². The topological polar surface area (TPSA) is 29.4 Å². The molecule has 72 valence electrons. The monoisotopic (exact) mass is 255 g/mol. The summed E-state index contributed by atoms with van der Waals surface area (Å²) in [6.45, 7) is 0. The molecule has 0 bridgehead atoms. The molecule has 0 atom stereocenters. The lowest BCUT2D eigenvalue weighted by Gasteiger charge is -2.10. The van der Waals surface area contributed by atoms with Crippen molar-refractivity contribution in [1.82, 2.24) is 0 Å². The Bertz CT molecular complexity index is 422. The first-order valence-corrected chi connectivity index (χ1v) is 5.02. The summed E-state index contributed by atoms with van der Waals surface area (Å²) in [5.41, 5.74) is 0.226. The van der Waals surface area contributed by atoms with Crippen molar-refractivity contribution in [2.24, 2.45) is 4.99 Å². The van der Waals surface area contributed by atoms with E-state index in [0.29, 0.717) is 4.47 Å². The molecule has 1 fully saturated rings. The van der Waals surface area contributed by atoms with Gasteiger partial charge in [-0.25, -0.2) is 9.18 Å². The van der Waals surface area contributed by atoms with Crippen molar-refractivity contribution in [2.75, 3.05) is 0 Å². The number of rotatable bonds is 2. The summed E-state index contributed by atoms with van der Waals surface area (Å²) in [5, 5.41) is 0. The number of halogens is 2. The van der Waals surface area contributed by atoms with E-state index in [0.717, 1.165) is 18.4 Å². The average Bonchev–Trinajstić information content (AvgIpc) is 2.91. The first kappa shape index (κ1) is 9.56. The highest BCUT2D eigenvalue weighted by Gasteiger charge is 2.46. The number of aliphatic imine (C=N–C) groups is 1. The molecule has 0 aromatic heterocycles. The van der Waals surface area contributed by atoms with Crippen LogP contribution in [0.15, 0.2) is 27.7 Å². The van der Waals surface area contributed by atoms with Crippen LogP contribution in [0.3, 0.4) is 0 Å². The number of hydrogen-bond acceptors (Lipinski definition) is 2. The van der Waals surface area contributed by atoms with Crippen molar-refractivity contribution in [3.05, 3.63) is 34.1 Å². The second-order valence-corrected chi connectivity index (χ2v) is 4.13. The second-order valence-electron chi connectivity index (χ2n) is 3.34. The lowest BCUT2D eigenvalue weighted by atomic mass is 10.1. The van der Waals surface area contributed by atoms with Gasteiger partial charge in [0.15, 0.2) is 0 Å². The third-order valence-corrected chi connectivity index (χ3v) is 3.24. The summed E-state index contributed by atoms with van der Waals surface area (Å²) in [4.78, 5) is 14.0. The van der Waals surface area contributed by atoms with Crippen LogP contribution in [0.25, 0.3) is 0 Å². The van der Waals surface area contributed by atoms with Gasteiger partial charge in [0.05, 0.1) is 10.0 Å². The van der Waals surface area contributed by atoms with Crippen LogP contribution in [0.2, 0.25) is 0 Å². The molecule has 1 aromatic rings. The lowest BCUT2D eigenvalue weighted by Crippen LogP contribution is -2.04. The molecule has 1 aromatic carbocycles. The number of nitrogens with zero attached hydrogens (tertiary/aromatic N) is 1. The molecule has 4 heteroatoms. The molecule has 1 saturated carbocycles. The van der Waals surface area contributed by atoms with Crippen molar-refractivity contribution < 1.29 is 9.18 Å². The zero-order valence-corrected chi connectivity index (χ0v) is 8.84. The first-order valence-electron chi connectivity index (χ1n) is 4.23. The Morgan fingerprint density at radius 2 is 2.21 bits per heavy atom. The minimum atomic E-state index is -0.511. The summed E-state index contributed by atoms with van der Waals surface area (Å²) in [5.74, 6) is -0.324. The molecule has 0 unspecified atom stereocenters. The van der Waals surface area contributed by atoms with Gasteiger partial charge in [0.1, 0.15) is 5.82 Å². The number of isocyanates is 1. The molecular weight excluding hydrogens is 249 g/mol. The number of benzene rings is 1. The van der Waals surface area contributed by atoms with Crippen molar-refractivity contribution in [3.63, 3.8) is 0 Å². The summed E-state index contributed by atoms with van der Waals surface area (Å²) >= 11 is 3.16. The first-order chi connectivity index (χ1) is 6.69. The molecule has 2 rings (SSSR count). The maximum absolute atomic E-state index is 13.2. The van der Waals surface area contributed by atoms with Crippen LogP contribution >= 0.6 is 15.9 Å². The number of hydrogen-bond donors (Lipinski definition) is 0. The van der Waals surface area contributed by atoms with E-state index in [1.165, 1.54) is 6.07 Å². The van der Waals surface area contributed by atoms with Gasteiger partial charge in [-0.2, -0.15) is 4.99 Å². The Morgan fingerprint density at radius 3 is 2.79 bits per heavy atom. The number of carbonyl (C=O) groups excluding carboxylic acids is 1. The highest BCUT2D eigenvalue weighted by Crippen LogP contribution is 2.51. The van der Waals surface area contributed by atoms with Crippen LogP contribution < -0.4 is 0 Å². The molecule has 2 nitrogen and oxygen atoms in total. The Kier molecular flexibility index (Phi) is 2.25. The second kappa shape index (κ2) is 3.30. The smallest absolute Gasteiger partial charge is 0.211 e. The summed E-state index contributed by atoms with van der Waals surface area (Å²) < 4.78 is 13.6. The SMILES string of the molecule is O=C=NC1(c2cccc(F)c2Br)CC1. The quantitative estimate of drug-likeness (QED) is 0.590. The van der Waals surface area contributed by atoms with E-state index in [1.54, 1.807) is 18.2 Å². The Labute approximate surface area is 89.0 Å². The molecule has 0 saturated heterocycles. The van der Waals surface area contributed by atoms with Crippen LogP contribution in [0.5, 0.6) is 0 Å². The minimum absolute atomic E-state index is 0.324. The van der Waals surface area contributed by atoms with Crippen molar-refractivity contribution in [2.45, 2.75) is 18.4 Å². The summed E-state index contributed by atoms with van der Waals surface area (Å²) in [6, 6.07) is 4.77. The van der Waals surface area contributed by atoms with Crippen LogP contribution in [0.1, 0.15) is 18.4 Å². The largest absolute Gasteiger partial charge is 0.235 e. The summed E-state index contributed by atoms with van der Waals surface area (Å²) in [6.07, 6.45) is 3.11. The molecule has 0 aliphatic heterocycles. The lowest BCUT2D eigenvalue weighted by molar-refractivity contribution is 0.555. The molecular formula is C10H7BrFNO. The van der Waals surface area contributed by atoms with Crippen LogP contribution in [0, 0.1) is 5.82 Å². The predicted octanol–water partition coefficient (Wildman–Crippen LogP) is 2.91. The molecule has 14 heavy (non-hydrogen) atoms. The molecule has 0 spiro atoms. The normalized spacial score (nSPS) is 17.3. The summed E-state index contributed by atoms with van der Waals surface area (Å²) in [7, 11) is 0. The van der Waals surface area contributed by atoms with E-state index in [9.17, 15) is 9.18 Å². The van der Waals surface area contributed by atoms with E-state index in [-0.39, 0.29) is 5.82 Å². The van der Waals surface area contributed by atoms with Crippen molar-refractivity contribution in [1.29, 1.82) is 0 Å². The molecule has 1 aliphatic carbocycles. The van der Waals surface area contributed by atoms with Crippen LogP contribution in [-0.4, -0.2) is 6.08 Å². The van der Waals surface area contributed by atoms with Gasteiger partial charge in [0, 0.05) is 0 Å². The van der Waals surface area contributed by atoms with Gasteiger partial charge in [0.25, 0.3) is 0 Å². The highest BCUT2D eigenvalue weighted by molar-refractivity contribution is 9.10. The van der Waals surface area contributed by atoms with E-state index in [2.05, 4.69) is 20.9 Å². The van der Waals surface area contributed by atoms with Gasteiger partial charge in [-0.15, -0.1) is 0 Å². The molecule has 1 aliphatic rings. The molecule has 0 N–H and O–H groups in total. The fourth-order valence-corrected chi connectivity index (χ4v) is 2.14. The van der Waals surface area contributed by atoms with Gasteiger partial charge < -0.3 is 0 Å². The van der Waals surface area contributed by atoms with Gasteiger partial charge in [0.2, 0.25) is 6.08 Å². The zero-order chi connectivity index (χ0) is 10.2. The standard InChI is InChI=1S/C10H7BrFNO/c11-9-7(2-1-3-8(9)12)10(4-5-10)13-6-14/h1-3H,4-5H2. The fraction of sp³-hybridized carbons (Fsp3) is 0.300. The van der Waals surface area contributed by atoms with Crippen LogP contribution in [-0.2, 0) is 10.3 Å². The zero-order valence-electron chi connectivity index (χ0n) is 7.26. The van der Waals surface area contributed by atoms with Gasteiger partial charge in [-0.3, -0.25) is 0 Å². The maximum Gasteiger partial charge on any atom is 0.235 e. The van der Waals surface area contributed by atoms with E-state index in [4.69, 9.17) is 0 Å². The molecule has 0 radical (unpaired) electrons. The minimum Gasteiger partial charge on any atom is -0.211 e. The maximum atomic E-state index is 13.2.